The van der Waals surface area contributed by atoms with Crippen LogP contribution < -0.4 is 4.90 Å². The van der Waals surface area contributed by atoms with Gasteiger partial charge in [0, 0.05) is 49.2 Å². The minimum absolute atomic E-state index is 0.810. The third-order valence-corrected chi connectivity index (χ3v) is 5.16. The number of aromatic amines is 1. The molecule has 0 amide bonds. The average molecular weight is 297 g/mol. The van der Waals surface area contributed by atoms with Crippen LogP contribution in [0.4, 0.5) is 5.82 Å². The summed E-state index contributed by atoms with van der Waals surface area (Å²) in [4.78, 5) is 9.61. The molecule has 0 radical (unpaired) electrons. The van der Waals surface area contributed by atoms with Crippen LogP contribution in [0.25, 0.3) is 11.1 Å². The lowest BCUT2D eigenvalue weighted by molar-refractivity contribution is 0.387. The molecule has 4 heterocycles. The first-order valence-corrected chi connectivity index (χ1v) is 8.03. The van der Waals surface area contributed by atoms with Crippen molar-refractivity contribution in [2.75, 3.05) is 38.1 Å². The van der Waals surface area contributed by atoms with Gasteiger partial charge in [-0.2, -0.15) is 5.10 Å². The van der Waals surface area contributed by atoms with E-state index in [0.29, 0.717) is 0 Å². The summed E-state index contributed by atoms with van der Waals surface area (Å²) in [6, 6.07) is 4.33. The summed E-state index contributed by atoms with van der Waals surface area (Å²) in [6.45, 7) is 8.84. The molecule has 5 heteroatoms. The molecule has 2 aromatic heterocycles. The monoisotopic (exact) mass is 297 g/mol. The van der Waals surface area contributed by atoms with E-state index in [-0.39, 0.29) is 0 Å². The van der Waals surface area contributed by atoms with E-state index in [0.717, 1.165) is 47.7 Å². The molecule has 0 spiro atoms. The zero-order valence-electron chi connectivity index (χ0n) is 13.5. The smallest absolute Gasteiger partial charge is 0.128 e. The Morgan fingerprint density at radius 2 is 1.82 bits per heavy atom. The Balaban J connectivity index is 1.54. The topological polar surface area (TPSA) is 48.1 Å². The van der Waals surface area contributed by atoms with E-state index in [9.17, 15) is 0 Å². The summed E-state index contributed by atoms with van der Waals surface area (Å²) >= 11 is 0. The molecule has 2 aliphatic rings. The number of fused-ring (bicyclic) bond motifs is 1. The van der Waals surface area contributed by atoms with E-state index in [1.54, 1.807) is 0 Å². The number of aryl methyl sites for hydroxylation is 2. The van der Waals surface area contributed by atoms with Crippen molar-refractivity contribution >= 4 is 5.82 Å². The zero-order valence-corrected chi connectivity index (χ0v) is 13.5. The highest BCUT2D eigenvalue weighted by Gasteiger charge is 2.38. The SMILES string of the molecule is Cc1n[nH]c(C)c1-c1ccc(N2CC3CN(C)CC3C2)nc1. The van der Waals surface area contributed by atoms with E-state index >= 15 is 0 Å². The molecule has 2 saturated heterocycles. The second-order valence-electron chi connectivity index (χ2n) is 6.86. The van der Waals surface area contributed by atoms with Crippen LogP contribution in [-0.2, 0) is 0 Å². The summed E-state index contributed by atoms with van der Waals surface area (Å²) in [5.41, 5.74) is 4.46. The van der Waals surface area contributed by atoms with Gasteiger partial charge in [-0.05, 0) is 44.9 Å². The van der Waals surface area contributed by atoms with Gasteiger partial charge in [0.2, 0.25) is 0 Å². The highest BCUT2D eigenvalue weighted by molar-refractivity contribution is 5.68. The van der Waals surface area contributed by atoms with Gasteiger partial charge in [-0.1, -0.05) is 0 Å². The summed E-state index contributed by atoms with van der Waals surface area (Å²) in [5.74, 6) is 2.73. The number of likely N-dealkylation sites (tertiary alicyclic amines) is 1. The number of aromatic nitrogens is 3. The molecule has 5 nitrogen and oxygen atoms in total. The molecule has 0 bridgehead atoms. The lowest BCUT2D eigenvalue weighted by atomic mass is 10.0. The lowest BCUT2D eigenvalue weighted by Gasteiger charge is -2.20. The summed E-state index contributed by atoms with van der Waals surface area (Å²) < 4.78 is 0. The maximum Gasteiger partial charge on any atom is 0.128 e. The molecular weight excluding hydrogens is 274 g/mol. The highest BCUT2D eigenvalue weighted by atomic mass is 15.3. The van der Waals surface area contributed by atoms with Crippen LogP contribution in [0.15, 0.2) is 18.3 Å². The second kappa shape index (κ2) is 5.09. The van der Waals surface area contributed by atoms with Gasteiger partial charge in [-0.15, -0.1) is 0 Å². The quantitative estimate of drug-likeness (QED) is 0.922. The average Bonchev–Trinajstić information content (AvgIpc) is 3.12. The number of pyridine rings is 1. The molecule has 2 unspecified atom stereocenters. The minimum atomic E-state index is 0.810. The molecular formula is C17H23N5. The predicted molar refractivity (Wildman–Crippen MR) is 88.0 cm³/mol. The van der Waals surface area contributed by atoms with Gasteiger partial charge in [-0.3, -0.25) is 5.10 Å². The maximum absolute atomic E-state index is 4.72. The van der Waals surface area contributed by atoms with E-state index in [1.807, 2.05) is 13.1 Å². The van der Waals surface area contributed by atoms with Gasteiger partial charge in [0.25, 0.3) is 0 Å². The van der Waals surface area contributed by atoms with Crippen molar-refractivity contribution in [2.45, 2.75) is 13.8 Å². The van der Waals surface area contributed by atoms with Crippen LogP contribution in [0.5, 0.6) is 0 Å². The molecule has 4 rings (SSSR count). The zero-order chi connectivity index (χ0) is 15.3. The Hall–Kier alpha value is -1.88. The molecule has 2 atom stereocenters. The molecule has 22 heavy (non-hydrogen) atoms. The van der Waals surface area contributed by atoms with Gasteiger partial charge in [-0.25, -0.2) is 4.98 Å². The molecule has 0 aromatic carbocycles. The maximum atomic E-state index is 4.72. The van der Waals surface area contributed by atoms with Crippen molar-refractivity contribution in [3.8, 4) is 11.1 Å². The fraction of sp³-hybridized carbons (Fsp3) is 0.529. The first-order chi connectivity index (χ1) is 10.6. The van der Waals surface area contributed by atoms with Crippen LogP contribution in [0.2, 0.25) is 0 Å². The normalized spacial score (nSPS) is 25.0. The molecule has 0 saturated carbocycles. The van der Waals surface area contributed by atoms with Crippen molar-refractivity contribution < 1.29 is 0 Å². The predicted octanol–water partition coefficient (Wildman–Crippen LogP) is 2.09. The van der Waals surface area contributed by atoms with E-state index < -0.39 is 0 Å². The van der Waals surface area contributed by atoms with Gasteiger partial charge in [0.1, 0.15) is 5.82 Å². The Morgan fingerprint density at radius 3 is 2.36 bits per heavy atom. The number of anilines is 1. The largest absolute Gasteiger partial charge is 0.356 e. The van der Waals surface area contributed by atoms with Crippen molar-refractivity contribution in [3.63, 3.8) is 0 Å². The molecule has 2 aromatic rings. The third-order valence-electron chi connectivity index (χ3n) is 5.16. The standard InChI is InChI=1S/C17H23N5/c1-11-17(12(2)20-19-11)13-4-5-16(18-6-13)22-9-14-7-21(3)8-15(14)10-22/h4-6,14-15H,7-10H2,1-3H3,(H,19,20). The molecule has 116 valence electrons. The number of hydrogen-bond acceptors (Lipinski definition) is 4. The molecule has 1 N–H and O–H groups in total. The number of hydrogen-bond donors (Lipinski definition) is 1. The Bertz CT molecular complexity index is 641. The Kier molecular flexibility index (Phi) is 3.18. The van der Waals surface area contributed by atoms with E-state index in [4.69, 9.17) is 4.98 Å². The Morgan fingerprint density at radius 1 is 1.09 bits per heavy atom. The molecule has 2 aliphatic heterocycles. The van der Waals surface area contributed by atoms with E-state index in [2.05, 4.69) is 46.1 Å². The fourth-order valence-electron chi connectivity index (χ4n) is 4.11. The van der Waals surface area contributed by atoms with Crippen LogP contribution in [0.3, 0.4) is 0 Å². The minimum Gasteiger partial charge on any atom is -0.356 e. The van der Waals surface area contributed by atoms with Crippen molar-refractivity contribution in [1.29, 1.82) is 0 Å². The number of H-pyrrole nitrogens is 1. The van der Waals surface area contributed by atoms with Gasteiger partial charge < -0.3 is 9.80 Å². The van der Waals surface area contributed by atoms with E-state index in [1.165, 1.54) is 18.7 Å². The van der Waals surface area contributed by atoms with Crippen molar-refractivity contribution in [2.24, 2.45) is 11.8 Å². The summed E-state index contributed by atoms with van der Waals surface area (Å²) in [6.07, 6.45) is 1.99. The van der Waals surface area contributed by atoms with Gasteiger partial charge in [0.05, 0.1) is 5.69 Å². The van der Waals surface area contributed by atoms with Crippen LogP contribution in [0, 0.1) is 25.7 Å². The highest BCUT2D eigenvalue weighted by Crippen LogP contribution is 2.33. The summed E-state index contributed by atoms with van der Waals surface area (Å²) in [7, 11) is 2.23. The second-order valence-corrected chi connectivity index (χ2v) is 6.86. The van der Waals surface area contributed by atoms with Crippen molar-refractivity contribution in [3.05, 3.63) is 29.7 Å². The molecule has 2 fully saturated rings. The third kappa shape index (κ3) is 2.20. The first-order valence-electron chi connectivity index (χ1n) is 8.03. The van der Waals surface area contributed by atoms with Crippen LogP contribution in [-0.4, -0.2) is 53.3 Å². The number of nitrogens with one attached hydrogen (secondary N) is 1. The fourth-order valence-corrected chi connectivity index (χ4v) is 4.11. The summed E-state index contributed by atoms with van der Waals surface area (Å²) in [5, 5.41) is 7.31. The van der Waals surface area contributed by atoms with Crippen molar-refractivity contribution in [1.82, 2.24) is 20.1 Å². The first kappa shape index (κ1) is 13.8. The van der Waals surface area contributed by atoms with Crippen LogP contribution in [0.1, 0.15) is 11.4 Å². The number of nitrogens with zero attached hydrogens (tertiary/aromatic N) is 4. The van der Waals surface area contributed by atoms with Gasteiger partial charge in [0.15, 0.2) is 0 Å². The Labute approximate surface area is 131 Å². The molecule has 0 aliphatic carbocycles. The number of rotatable bonds is 2. The van der Waals surface area contributed by atoms with Gasteiger partial charge >= 0.3 is 0 Å². The lowest BCUT2D eigenvalue weighted by Crippen LogP contribution is -2.27. The van der Waals surface area contributed by atoms with Crippen LogP contribution >= 0.6 is 0 Å².